The maximum Gasteiger partial charge on any atom is 0.162 e. The van der Waals surface area contributed by atoms with Gasteiger partial charge in [0, 0.05) is 24.6 Å². The van der Waals surface area contributed by atoms with E-state index < -0.39 is 0 Å². The van der Waals surface area contributed by atoms with Crippen LogP contribution in [0.15, 0.2) is 77.3 Å². The van der Waals surface area contributed by atoms with Crippen LogP contribution in [0, 0.1) is 0 Å². The van der Waals surface area contributed by atoms with Gasteiger partial charge >= 0.3 is 0 Å². The minimum atomic E-state index is -0.272. The van der Waals surface area contributed by atoms with E-state index in [1.54, 1.807) is 0 Å². The molecule has 0 fully saturated rings. The van der Waals surface area contributed by atoms with E-state index in [1.165, 1.54) is 11.1 Å². The Kier molecular flexibility index (Phi) is 4.52. The highest BCUT2D eigenvalue weighted by Gasteiger charge is 2.33. The zero-order chi connectivity index (χ0) is 16.1. The molecule has 0 bridgehead atoms. The lowest BCUT2D eigenvalue weighted by molar-refractivity contribution is 0.0973. The van der Waals surface area contributed by atoms with Gasteiger partial charge in [-0.25, -0.2) is 0 Å². The van der Waals surface area contributed by atoms with Gasteiger partial charge in [-0.1, -0.05) is 60.7 Å². The largest absolute Gasteiger partial charge is 0.294 e. The normalized spacial score (nSPS) is 19.6. The zero-order valence-corrected chi connectivity index (χ0v) is 13.4. The Balaban J connectivity index is 1.75. The summed E-state index contributed by atoms with van der Waals surface area (Å²) < 4.78 is 0. The fraction of sp³-hybridized carbons (Fsp3) is 0.238. The second-order valence-corrected chi connectivity index (χ2v) is 6.11. The third kappa shape index (κ3) is 3.48. The molecular weight excluding hydrogens is 282 g/mol. The Bertz CT molecular complexity index is 731. The summed E-state index contributed by atoms with van der Waals surface area (Å²) in [6.45, 7) is 2.11. The van der Waals surface area contributed by atoms with E-state index in [2.05, 4.69) is 37.3 Å². The molecule has 1 unspecified atom stereocenters. The van der Waals surface area contributed by atoms with Gasteiger partial charge in [0.05, 0.1) is 5.54 Å². The van der Waals surface area contributed by atoms with Crippen molar-refractivity contribution < 1.29 is 4.79 Å². The number of hydrogen-bond acceptors (Lipinski definition) is 2. The van der Waals surface area contributed by atoms with Gasteiger partial charge in [-0.05, 0) is 30.6 Å². The molecule has 0 N–H and O–H groups in total. The number of hydrogen-bond donors (Lipinski definition) is 0. The number of carbonyl (C=O) groups is 1. The fourth-order valence-corrected chi connectivity index (χ4v) is 3.11. The molecular formula is C21H21NO. The number of aliphatic imine (C=N–C) groups is 1. The lowest BCUT2D eigenvalue weighted by Crippen LogP contribution is -2.30. The zero-order valence-electron chi connectivity index (χ0n) is 13.4. The minimum Gasteiger partial charge on any atom is -0.294 e. The predicted molar refractivity (Wildman–Crippen MR) is 95.1 cm³/mol. The molecule has 23 heavy (non-hydrogen) atoms. The Morgan fingerprint density at radius 2 is 1.65 bits per heavy atom. The van der Waals surface area contributed by atoms with Crippen molar-refractivity contribution in [2.45, 2.75) is 31.7 Å². The van der Waals surface area contributed by atoms with Crippen molar-refractivity contribution in [2.24, 2.45) is 4.99 Å². The van der Waals surface area contributed by atoms with E-state index in [4.69, 9.17) is 4.99 Å². The van der Waals surface area contributed by atoms with Crippen molar-refractivity contribution in [2.75, 3.05) is 0 Å². The van der Waals surface area contributed by atoms with Crippen LogP contribution in [0.1, 0.15) is 35.7 Å². The summed E-state index contributed by atoms with van der Waals surface area (Å²) in [5.41, 5.74) is 3.01. The number of nitrogens with zero attached hydrogens (tertiary/aromatic N) is 1. The molecule has 0 saturated carbocycles. The maximum atomic E-state index is 12.4. The number of allylic oxidation sites excluding steroid dienone is 1. The summed E-state index contributed by atoms with van der Waals surface area (Å²) in [5.74, 6) is 0.188. The Morgan fingerprint density at radius 1 is 1.00 bits per heavy atom. The van der Waals surface area contributed by atoms with E-state index in [0.29, 0.717) is 6.42 Å². The van der Waals surface area contributed by atoms with Gasteiger partial charge in [-0.3, -0.25) is 9.79 Å². The first kappa shape index (κ1) is 15.4. The van der Waals surface area contributed by atoms with Crippen LogP contribution >= 0.6 is 0 Å². The van der Waals surface area contributed by atoms with E-state index in [9.17, 15) is 4.79 Å². The third-order valence-electron chi connectivity index (χ3n) is 4.58. The lowest BCUT2D eigenvalue weighted by Gasteiger charge is -2.28. The van der Waals surface area contributed by atoms with Gasteiger partial charge in [0.1, 0.15) is 0 Å². The van der Waals surface area contributed by atoms with Crippen LogP contribution in [0.3, 0.4) is 0 Å². The van der Waals surface area contributed by atoms with Crippen molar-refractivity contribution in [3.05, 3.63) is 83.4 Å². The lowest BCUT2D eigenvalue weighted by atomic mass is 9.81. The van der Waals surface area contributed by atoms with E-state index in [1.807, 2.05) is 42.6 Å². The highest BCUT2D eigenvalue weighted by atomic mass is 16.1. The summed E-state index contributed by atoms with van der Waals surface area (Å²) in [7, 11) is 0. The van der Waals surface area contributed by atoms with Crippen LogP contribution in [-0.2, 0) is 6.42 Å². The quantitative estimate of drug-likeness (QED) is 0.714. The third-order valence-corrected chi connectivity index (χ3v) is 4.58. The second kappa shape index (κ2) is 6.74. The second-order valence-electron chi connectivity index (χ2n) is 6.11. The average Bonchev–Trinajstić information content (AvgIpc) is 2.95. The van der Waals surface area contributed by atoms with Crippen LogP contribution in [0.4, 0.5) is 0 Å². The SMILES string of the molecule is CC1=CC=NC1(CCC(=O)c1ccccc1)Cc1ccccc1. The summed E-state index contributed by atoms with van der Waals surface area (Å²) in [6, 6.07) is 19.9. The van der Waals surface area contributed by atoms with Crippen LogP contribution in [0.5, 0.6) is 0 Å². The van der Waals surface area contributed by atoms with Crippen LogP contribution in [-0.4, -0.2) is 17.5 Å². The van der Waals surface area contributed by atoms with Crippen molar-refractivity contribution in [3.63, 3.8) is 0 Å². The molecule has 2 nitrogen and oxygen atoms in total. The average molecular weight is 303 g/mol. The molecule has 1 aliphatic rings. The monoisotopic (exact) mass is 303 g/mol. The molecule has 0 radical (unpaired) electrons. The van der Waals surface area contributed by atoms with Gasteiger partial charge in [-0.15, -0.1) is 0 Å². The first-order valence-corrected chi connectivity index (χ1v) is 8.04. The molecule has 1 atom stereocenters. The highest BCUT2D eigenvalue weighted by molar-refractivity contribution is 5.96. The van der Waals surface area contributed by atoms with Gasteiger partial charge in [0.15, 0.2) is 5.78 Å². The molecule has 0 amide bonds. The number of carbonyl (C=O) groups excluding carboxylic acids is 1. The molecule has 2 heteroatoms. The molecule has 0 aromatic heterocycles. The Hall–Kier alpha value is -2.48. The fourth-order valence-electron chi connectivity index (χ4n) is 3.11. The Morgan fingerprint density at radius 3 is 2.26 bits per heavy atom. The topological polar surface area (TPSA) is 29.4 Å². The molecule has 0 saturated heterocycles. The maximum absolute atomic E-state index is 12.4. The minimum absolute atomic E-state index is 0.188. The molecule has 3 rings (SSSR count). The summed E-state index contributed by atoms with van der Waals surface area (Å²) in [5, 5.41) is 0. The van der Waals surface area contributed by atoms with Crippen molar-refractivity contribution in [1.82, 2.24) is 0 Å². The van der Waals surface area contributed by atoms with Crippen LogP contribution < -0.4 is 0 Å². The standard InChI is InChI=1S/C21H21NO/c1-17-13-15-22-21(17,16-18-8-4-2-5-9-18)14-12-20(23)19-10-6-3-7-11-19/h2-11,13,15H,12,14,16H2,1H3. The molecule has 1 aliphatic heterocycles. The Labute approximate surface area is 137 Å². The van der Waals surface area contributed by atoms with E-state index in [0.717, 1.165) is 18.4 Å². The number of benzene rings is 2. The highest BCUT2D eigenvalue weighted by Crippen LogP contribution is 2.34. The van der Waals surface area contributed by atoms with Gasteiger partial charge in [-0.2, -0.15) is 0 Å². The summed E-state index contributed by atoms with van der Waals surface area (Å²) in [4.78, 5) is 17.2. The van der Waals surface area contributed by atoms with Crippen molar-refractivity contribution in [3.8, 4) is 0 Å². The predicted octanol–water partition coefficient (Wildman–Crippen LogP) is 4.66. The molecule has 0 aliphatic carbocycles. The number of Topliss-reactive ketones (excluding diaryl/α,β-unsaturated/α-hetero) is 1. The molecule has 0 spiro atoms. The summed E-state index contributed by atoms with van der Waals surface area (Å²) in [6.07, 6.45) is 6.05. The molecule has 1 heterocycles. The number of rotatable bonds is 6. The van der Waals surface area contributed by atoms with E-state index in [-0.39, 0.29) is 11.3 Å². The van der Waals surface area contributed by atoms with Gasteiger partial charge in [0.2, 0.25) is 0 Å². The van der Waals surface area contributed by atoms with E-state index >= 15 is 0 Å². The van der Waals surface area contributed by atoms with Gasteiger partial charge in [0.25, 0.3) is 0 Å². The van der Waals surface area contributed by atoms with Crippen molar-refractivity contribution in [1.29, 1.82) is 0 Å². The smallest absolute Gasteiger partial charge is 0.162 e. The molecule has 116 valence electrons. The first-order valence-electron chi connectivity index (χ1n) is 8.04. The van der Waals surface area contributed by atoms with Crippen LogP contribution in [0.25, 0.3) is 0 Å². The van der Waals surface area contributed by atoms with Crippen LogP contribution in [0.2, 0.25) is 0 Å². The first-order chi connectivity index (χ1) is 11.2. The summed E-state index contributed by atoms with van der Waals surface area (Å²) >= 11 is 0. The molecule has 2 aromatic rings. The van der Waals surface area contributed by atoms with Gasteiger partial charge < -0.3 is 0 Å². The number of ketones is 1. The molecule has 2 aromatic carbocycles. The van der Waals surface area contributed by atoms with Crippen molar-refractivity contribution >= 4 is 12.0 Å².